The molecular weight excluding hydrogens is 358 g/mol. The average molecular weight is 388 g/mol. The van der Waals surface area contributed by atoms with Crippen molar-refractivity contribution < 1.29 is 13.2 Å². The van der Waals surface area contributed by atoms with Gasteiger partial charge in [0.2, 0.25) is 0 Å². The molecular formula is C22H29NO3S. The summed E-state index contributed by atoms with van der Waals surface area (Å²) in [5, 5.41) is 2.96. The fourth-order valence-electron chi connectivity index (χ4n) is 2.81. The van der Waals surface area contributed by atoms with Crippen LogP contribution in [0.5, 0.6) is 0 Å². The van der Waals surface area contributed by atoms with Crippen molar-refractivity contribution in [1.82, 2.24) is 5.32 Å². The first-order chi connectivity index (χ1) is 12.6. The van der Waals surface area contributed by atoms with E-state index in [4.69, 9.17) is 0 Å². The first-order valence-electron chi connectivity index (χ1n) is 9.32. The highest BCUT2D eigenvalue weighted by Gasteiger charge is 2.19. The van der Waals surface area contributed by atoms with E-state index in [1.165, 1.54) is 5.56 Å². The van der Waals surface area contributed by atoms with Crippen LogP contribution in [0.3, 0.4) is 0 Å². The molecule has 0 saturated carbocycles. The Morgan fingerprint density at radius 3 is 2.11 bits per heavy atom. The molecule has 0 aromatic heterocycles. The van der Waals surface area contributed by atoms with E-state index in [2.05, 4.69) is 26.1 Å². The van der Waals surface area contributed by atoms with Crippen LogP contribution in [-0.2, 0) is 15.3 Å². The van der Waals surface area contributed by atoms with E-state index in [1.54, 1.807) is 30.3 Å². The van der Waals surface area contributed by atoms with Crippen LogP contribution < -0.4 is 5.32 Å². The van der Waals surface area contributed by atoms with E-state index in [-0.39, 0.29) is 23.1 Å². The third-order valence-electron chi connectivity index (χ3n) is 4.68. The maximum Gasteiger partial charge on any atom is 0.251 e. The molecule has 2 aromatic carbocycles. The van der Waals surface area contributed by atoms with Crippen LogP contribution in [0.4, 0.5) is 0 Å². The molecule has 4 nitrogen and oxygen atoms in total. The summed E-state index contributed by atoms with van der Waals surface area (Å²) in [6.45, 7) is 8.33. The Kier molecular flexibility index (Phi) is 6.82. The number of sulfone groups is 1. The van der Waals surface area contributed by atoms with Crippen LogP contribution in [0, 0.1) is 0 Å². The SMILES string of the molecule is CCC(CCS(=O)(=O)c1ccccc1)NC(=O)c1ccc(C(C)(C)C)cc1. The maximum atomic E-state index is 12.5. The molecule has 2 rings (SSSR count). The van der Waals surface area contributed by atoms with Gasteiger partial charge in [0.15, 0.2) is 9.84 Å². The van der Waals surface area contributed by atoms with Crippen LogP contribution in [-0.4, -0.2) is 26.1 Å². The lowest BCUT2D eigenvalue weighted by atomic mass is 9.86. The van der Waals surface area contributed by atoms with Crippen molar-refractivity contribution in [3.63, 3.8) is 0 Å². The molecule has 27 heavy (non-hydrogen) atoms. The average Bonchev–Trinajstić information content (AvgIpc) is 2.65. The molecule has 0 heterocycles. The number of carbonyl (C=O) groups excluding carboxylic acids is 1. The summed E-state index contributed by atoms with van der Waals surface area (Å²) in [5.41, 5.74) is 1.79. The highest BCUT2D eigenvalue weighted by molar-refractivity contribution is 7.91. The van der Waals surface area contributed by atoms with Gasteiger partial charge in [0.25, 0.3) is 5.91 Å². The van der Waals surface area contributed by atoms with Crippen molar-refractivity contribution in [1.29, 1.82) is 0 Å². The molecule has 2 aromatic rings. The summed E-state index contributed by atoms with van der Waals surface area (Å²) in [7, 11) is -3.34. The van der Waals surface area contributed by atoms with Crippen molar-refractivity contribution in [3.8, 4) is 0 Å². The number of hydrogen-bond donors (Lipinski definition) is 1. The van der Waals surface area contributed by atoms with Gasteiger partial charge in [-0.05, 0) is 48.1 Å². The number of rotatable bonds is 7. The Morgan fingerprint density at radius 2 is 1.59 bits per heavy atom. The Hall–Kier alpha value is -2.14. The minimum absolute atomic E-state index is 0.0127. The van der Waals surface area contributed by atoms with E-state index >= 15 is 0 Å². The van der Waals surface area contributed by atoms with Crippen molar-refractivity contribution >= 4 is 15.7 Å². The van der Waals surface area contributed by atoms with Crippen LogP contribution in [0.1, 0.15) is 56.5 Å². The zero-order valence-electron chi connectivity index (χ0n) is 16.5. The molecule has 0 aliphatic rings. The number of hydrogen-bond acceptors (Lipinski definition) is 3. The molecule has 1 amide bonds. The first-order valence-corrected chi connectivity index (χ1v) is 11.0. The van der Waals surface area contributed by atoms with E-state index < -0.39 is 9.84 Å². The molecule has 0 radical (unpaired) electrons. The minimum atomic E-state index is -3.34. The summed E-state index contributed by atoms with van der Waals surface area (Å²) >= 11 is 0. The van der Waals surface area contributed by atoms with Gasteiger partial charge in [-0.3, -0.25) is 4.79 Å². The molecule has 0 spiro atoms. The molecule has 1 N–H and O–H groups in total. The van der Waals surface area contributed by atoms with Crippen molar-refractivity contribution in [3.05, 3.63) is 65.7 Å². The van der Waals surface area contributed by atoms with Crippen LogP contribution >= 0.6 is 0 Å². The molecule has 0 bridgehead atoms. The topological polar surface area (TPSA) is 63.2 Å². The smallest absolute Gasteiger partial charge is 0.251 e. The third-order valence-corrected chi connectivity index (χ3v) is 6.44. The van der Waals surface area contributed by atoms with Crippen molar-refractivity contribution in [2.45, 2.75) is 56.9 Å². The summed E-state index contributed by atoms with van der Waals surface area (Å²) in [4.78, 5) is 12.8. The molecule has 5 heteroatoms. The monoisotopic (exact) mass is 387 g/mol. The molecule has 1 unspecified atom stereocenters. The van der Waals surface area contributed by atoms with E-state index in [0.29, 0.717) is 23.3 Å². The zero-order chi connectivity index (χ0) is 20.1. The number of carbonyl (C=O) groups is 1. The van der Waals surface area contributed by atoms with Crippen molar-refractivity contribution in [2.24, 2.45) is 0 Å². The van der Waals surface area contributed by atoms with Gasteiger partial charge in [-0.2, -0.15) is 0 Å². The highest BCUT2D eigenvalue weighted by atomic mass is 32.2. The summed E-state index contributed by atoms with van der Waals surface area (Å²) in [6, 6.07) is 15.8. The van der Waals surface area contributed by atoms with Crippen LogP contribution in [0.2, 0.25) is 0 Å². The van der Waals surface area contributed by atoms with Gasteiger partial charge in [-0.25, -0.2) is 8.42 Å². The van der Waals surface area contributed by atoms with Crippen LogP contribution in [0.25, 0.3) is 0 Å². The maximum absolute atomic E-state index is 12.5. The summed E-state index contributed by atoms with van der Waals surface area (Å²) in [6.07, 6.45) is 1.07. The van der Waals surface area contributed by atoms with Gasteiger partial charge in [-0.15, -0.1) is 0 Å². The lowest BCUT2D eigenvalue weighted by molar-refractivity contribution is 0.0935. The van der Waals surface area contributed by atoms with Gasteiger partial charge in [0.05, 0.1) is 10.6 Å². The number of benzene rings is 2. The molecule has 146 valence electrons. The second-order valence-corrected chi connectivity index (χ2v) is 9.94. The highest BCUT2D eigenvalue weighted by Crippen LogP contribution is 2.22. The number of nitrogens with one attached hydrogen (secondary N) is 1. The van der Waals surface area contributed by atoms with E-state index in [1.807, 2.05) is 31.2 Å². The Balaban J connectivity index is 1.99. The standard InChI is InChI=1S/C22H29NO3S/c1-5-19(15-16-27(25,26)20-9-7-6-8-10-20)23-21(24)17-11-13-18(14-12-17)22(2,3)4/h6-14,19H,5,15-16H2,1-4H3,(H,23,24). The fraction of sp³-hybridized carbons (Fsp3) is 0.409. The summed E-state index contributed by atoms with van der Waals surface area (Å²) < 4.78 is 24.9. The molecule has 0 aliphatic carbocycles. The fourth-order valence-corrected chi connectivity index (χ4v) is 4.21. The molecule has 0 fully saturated rings. The quantitative estimate of drug-likeness (QED) is 0.768. The van der Waals surface area contributed by atoms with Gasteiger partial charge in [0.1, 0.15) is 0 Å². The summed E-state index contributed by atoms with van der Waals surface area (Å²) in [5.74, 6) is -0.155. The zero-order valence-corrected chi connectivity index (χ0v) is 17.3. The van der Waals surface area contributed by atoms with E-state index in [9.17, 15) is 13.2 Å². The van der Waals surface area contributed by atoms with Gasteiger partial charge < -0.3 is 5.32 Å². The second kappa shape index (κ2) is 8.70. The minimum Gasteiger partial charge on any atom is -0.349 e. The normalized spacial score (nSPS) is 13.2. The van der Waals surface area contributed by atoms with Gasteiger partial charge in [0, 0.05) is 11.6 Å². The van der Waals surface area contributed by atoms with E-state index in [0.717, 1.165) is 0 Å². The van der Waals surface area contributed by atoms with Gasteiger partial charge >= 0.3 is 0 Å². The largest absolute Gasteiger partial charge is 0.349 e. The Bertz CT molecular complexity index is 851. The molecule has 1 atom stereocenters. The lowest BCUT2D eigenvalue weighted by Gasteiger charge is -2.20. The lowest BCUT2D eigenvalue weighted by Crippen LogP contribution is -2.35. The number of amides is 1. The predicted octanol–water partition coefficient (Wildman–Crippen LogP) is 4.36. The van der Waals surface area contributed by atoms with Gasteiger partial charge in [-0.1, -0.05) is 58.0 Å². The second-order valence-electron chi connectivity index (χ2n) is 7.83. The Morgan fingerprint density at radius 1 is 1.00 bits per heavy atom. The molecule has 0 saturated heterocycles. The third kappa shape index (κ3) is 5.93. The first kappa shape index (κ1) is 21.2. The Labute approximate surface area is 162 Å². The van der Waals surface area contributed by atoms with Crippen LogP contribution in [0.15, 0.2) is 59.5 Å². The molecule has 0 aliphatic heterocycles. The predicted molar refractivity (Wildman–Crippen MR) is 110 cm³/mol. The van der Waals surface area contributed by atoms with Crippen molar-refractivity contribution in [2.75, 3.05) is 5.75 Å².